The lowest BCUT2D eigenvalue weighted by Crippen LogP contribution is -2.42. The first-order valence-electron chi connectivity index (χ1n) is 12.5. The average Bonchev–Trinajstić information content (AvgIpc) is 2.89. The highest BCUT2D eigenvalue weighted by Gasteiger charge is 2.30. The molecule has 0 radical (unpaired) electrons. The van der Waals surface area contributed by atoms with E-state index >= 15 is 0 Å². The molecule has 1 fully saturated rings. The van der Waals surface area contributed by atoms with E-state index < -0.39 is 5.97 Å². The normalized spacial score (nSPS) is 18.1. The van der Waals surface area contributed by atoms with Gasteiger partial charge in [0.1, 0.15) is 5.75 Å². The molecule has 1 aliphatic rings. The van der Waals surface area contributed by atoms with Crippen molar-refractivity contribution < 1.29 is 14.6 Å². The second-order valence-corrected chi connectivity index (χ2v) is 10.6. The number of hydrogen-bond donors (Lipinski definition) is 1. The van der Waals surface area contributed by atoms with Crippen molar-refractivity contribution in [2.75, 3.05) is 32.5 Å². The molecule has 0 unspecified atom stereocenters. The number of rotatable bonds is 11. The highest BCUT2D eigenvalue weighted by Crippen LogP contribution is 2.32. The quantitative estimate of drug-likeness (QED) is 0.339. The van der Waals surface area contributed by atoms with Crippen LogP contribution in [0.3, 0.4) is 0 Å². The fraction of sp³-hybridized carbons (Fsp3) is 0.414. The lowest BCUT2D eigenvalue weighted by molar-refractivity contribution is -0.139. The van der Waals surface area contributed by atoms with Crippen LogP contribution in [0.2, 0.25) is 0 Å². The average molecular weight is 504 g/mol. The SMILES string of the molecule is COc1ccc2nccc(CCC[C@@H]3CCN(CCSc4cccc(C#N)c4)C[C@@H]3CC(=O)O)c2c1. The van der Waals surface area contributed by atoms with Crippen LogP contribution in [0.5, 0.6) is 5.75 Å². The third kappa shape index (κ3) is 6.99. The topological polar surface area (TPSA) is 86.5 Å². The molecule has 1 aromatic heterocycles. The van der Waals surface area contributed by atoms with Crippen molar-refractivity contribution in [3.8, 4) is 11.8 Å². The number of aromatic nitrogens is 1. The molecule has 0 amide bonds. The minimum atomic E-state index is -0.707. The van der Waals surface area contributed by atoms with Crippen molar-refractivity contribution in [3.05, 3.63) is 65.9 Å². The first-order valence-corrected chi connectivity index (χ1v) is 13.5. The summed E-state index contributed by atoms with van der Waals surface area (Å²) in [7, 11) is 1.68. The van der Waals surface area contributed by atoms with E-state index in [4.69, 9.17) is 10.00 Å². The van der Waals surface area contributed by atoms with Crippen LogP contribution < -0.4 is 4.74 Å². The summed E-state index contributed by atoms with van der Waals surface area (Å²) in [5, 5.41) is 19.8. The van der Waals surface area contributed by atoms with Gasteiger partial charge in [-0.3, -0.25) is 9.78 Å². The number of thioether (sulfide) groups is 1. The van der Waals surface area contributed by atoms with Gasteiger partial charge < -0.3 is 14.7 Å². The summed E-state index contributed by atoms with van der Waals surface area (Å²) < 4.78 is 5.40. The minimum absolute atomic E-state index is 0.178. The van der Waals surface area contributed by atoms with Gasteiger partial charge in [-0.05, 0) is 92.1 Å². The van der Waals surface area contributed by atoms with Crippen LogP contribution >= 0.6 is 11.8 Å². The van der Waals surface area contributed by atoms with Crippen LogP contribution in [0, 0.1) is 23.2 Å². The molecule has 0 saturated carbocycles. The summed E-state index contributed by atoms with van der Waals surface area (Å²) >= 11 is 1.75. The Labute approximate surface area is 217 Å². The molecule has 3 aromatic rings. The number of ether oxygens (including phenoxy) is 1. The van der Waals surface area contributed by atoms with Crippen molar-refractivity contribution in [1.82, 2.24) is 9.88 Å². The molecular formula is C29H33N3O3S. The zero-order valence-electron chi connectivity index (χ0n) is 20.7. The van der Waals surface area contributed by atoms with Gasteiger partial charge >= 0.3 is 5.97 Å². The largest absolute Gasteiger partial charge is 0.497 e. The van der Waals surface area contributed by atoms with E-state index in [2.05, 4.69) is 28.1 Å². The van der Waals surface area contributed by atoms with Gasteiger partial charge in [0.25, 0.3) is 0 Å². The van der Waals surface area contributed by atoms with Crippen molar-refractivity contribution in [1.29, 1.82) is 5.26 Å². The molecule has 0 spiro atoms. The van der Waals surface area contributed by atoms with Gasteiger partial charge in [-0.25, -0.2) is 0 Å². The lowest BCUT2D eigenvalue weighted by Gasteiger charge is -2.38. The number of carbonyl (C=O) groups is 1. The second kappa shape index (κ2) is 12.8. The Bertz CT molecular complexity index is 1230. The highest BCUT2D eigenvalue weighted by atomic mass is 32.2. The van der Waals surface area contributed by atoms with E-state index in [1.165, 1.54) is 5.56 Å². The number of nitriles is 1. The molecule has 0 bridgehead atoms. The zero-order valence-corrected chi connectivity index (χ0v) is 21.5. The number of aliphatic carboxylic acids is 1. The Kier molecular flexibility index (Phi) is 9.21. The smallest absolute Gasteiger partial charge is 0.303 e. The Hall–Kier alpha value is -3.08. The van der Waals surface area contributed by atoms with Crippen LogP contribution in [0.25, 0.3) is 10.9 Å². The van der Waals surface area contributed by atoms with Gasteiger partial charge in [-0.15, -0.1) is 11.8 Å². The molecule has 1 saturated heterocycles. The van der Waals surface area contributed by atoms with E-state index in [9.17, 15) is 9.90 Å². The van der Waals surface area contributed by atoms with Crippen molar-refractivity contribution in [2.24, 2.45) is 11.8 Å². The molecule has 0 aliphatic carbocycles. The summed E-state index contributed by atoms with van der Waals surface area (Å²) in [6, 6.07) is 18.0. The van der Waals surface area contributed by atoms with Crippen molar-refractivity contribution in [2.45, 2.75) is 37.0 Å². The number of carboxylic acids is 1. The maximum Gasteiger partial charge on any atom is 0.303 e. The molecule has 7 heteroatoms. The van der Waals surface area contributed by atoms with Gasteiger partial charge in [-0.2, -0.15) is 5.26 Å². The molecule has 6 nitrogen and oxygen atoms in total. The number of methoxy groups -OCH3 is 1. The third-order valence-electron chi connectivity index (χ3n) is 7.11. The van der Waals surface area contributed by atoms with Gasteiger partial charge in [0.15, 0.2) is 0 Å². The lowest BCUT2D eigenvalue weighted by atomic mass is 9.80. The number of benzene rings is 2. The molecule has 2 aromatic carbocycles. The van der Waals surface area contributed by atoms with Crippen LogP contribution in [0.1, 0.15) is 36.8 Å². The van der Waals surface area contributed by atoms with Crippen molar-refractivity contribution >= 4 is 28.6 Å². The van der Waals surface area contributed by atoms with Gasteiger partial charge in [0.2, 0.25) is 0 Å². The van der Waals surface area contributed by atoms with E-state index in [-0.39, 0.29) is 12.3 Å². The van der Waals surface area contributed by atoms with Gasteiger partial charge in [-0.1, -0.05) is 6.07 Å². The zero-order chi connectivity index (χ0) is 25.3. The Morgan fingerprint density at radius 2 is 2.14 bits per heavy atom. The van der Waals surface area contributed by atoms with Gasteiger partial charge in [0.05, 0.1) is 24.3 Å². The molecule has 188 valence electrons. The standard InChI is InChI=1S/C29H33N3O3S/c1-35-25-8-9-28-27(18-25)23(10-12-31-28)6-3-5-22-11-13-32(20-24(22)17-29(33)34)14-15-36-26-7-2-4-21(16-26)19-30/h2,4,7-10,12,16,18,22,24H,3,5-6,11,13-15,17,20H2,1H3,(H,33,34)/t22-,24+/m1/s1. The number of carboxylic acid groups (broad SMARTS) is 1. The predicted molar refractivity (Wildman–Crippen MR) is 143 cm³/mol. The molecule has 36 heavy (non-hydrogen) atoms. The van der Waals surface area contributed by atoms with E-state index in [1.54, 1.807) is 18.9 Å². The molecular weight excluding hydrogens is 470 g/mol. The summed E-state index contributed by atoms with van der Waals surface area (Å²) in [4.78, 5) is 19.6. The molecule has 2 heterocycles. The van der Waals surface area contributed by atoms with Crippen molar-refractivity contribution in [3.63, 3.8) is 0 Å². The monoisotopic (exact) mass is 503 g/mol. The number of hydrogen-bond acceptors (Lipinski definition) is 6. The molecule has 4 rings (SSSR count). The number of fused-ring (bicyclic) bond motifs is 1. The summed E-state index contributed by atoms with van der Waals surface area (Å²) in [6.45, 7) is 2.77. The Balaban J connectivity index is 1.30. The minimum Gasteiger partial charge on any atom is -0.497 e. The van der Waals surface area contributed by atoms with Crippen LogP contribution in [-0.4, -0.2) is 53.5 Å². The first-order chi connectivity index (χ1) is 17.6. The summed E-state index contributed by atoms with van der Waals surface area (Å²) in [5.41, 5.74) is 2.92. The third-order valence-corrected chi connectivity index (χ3v) is 8.09. The van der Waals surface area contributed by atoms with Gasteiger partial charge in [0, 0.05) is 41.7 Å². The number of piperidine rings is 1. The fourth-order valence-corrected chi connectivity index (χ4v) is 6.19. The second-order valence-electron chi connectivity index (χ2n) is 9.44. The van der Waals surface area contributed by atoms with E-state index in [1.807, 2.05) is 42.6 Å². The van der Waals surface area contributed by atoms with Crippen LogP contribution in [-0.2, 0) is 11.2 Å². The van der Waals surface area contributed by atoms with Crippen LogP contribution in [0.15, 0.2) is 59.6 Å². The van der Waals surface area contributed by atoms with E-state index in [0.29, 0.717) is 11.5 Å². The van der Waals surface area contributed by atoms with E-state index in [0.717, 1.165) is 72.6 Å². The first kappa shape index (κ1) is 26.0. The molecule has 2 atom stereocenters. The number of likely N-dealkylation sites (tertiary alicyclic amines) is 1. The Morgan fingerprint density at radius 1 is 1.25 bits per heavy atom. The number of pyridine rings is 1. The maximum absolute atomic E-state index is 11.6. The van der Waals surface area contributed by atoms with Crippen LogP contribution in [0.4, 0.5) is 0 Å². The highest BCUT2D eigenvalue weighted by molar-refractivity contribution is 7.99. The summed E-state index contributed by atoms with van der Waals surface area (Å²) in [5.74, 6) is 1.67. The maximum atomic E-state index is 11.6. The number of aryl methyl sites for hydroxylation is 1. The number of nitrogens with zero attached hydrogens (tertiary/aromatic N) is 3. The summed E-state index contributed by atoms with van der Waals surface area (Å²) in [6.07, 6.45) is 6.15. The Morgan fingerprint density at radius 3 is 2.94 bits per heavy atom. The fourth-order valence-electron chi connectivity index (χ4n) is 5.22. The predicted octanol–water partition coefficient (Wildman–Crippen LogP) is 5.64. The molecule has 1 N–H and O–H groups in total. The molecule has 1 aliphatic heterocycles.